The minimum Gasteiger partial charge on any atom is -0.460 e. The number of azide groups is 1. The molecule has 1 amide bonds. The Morgan fingerprint density at radius 1 is 1.33 bits per heavy atom. The van der Waals surface area contributed by atoms with E-state index in [0.717, 1.165) is 5.56 Å². The summed E-state index contributed by atoms with van der Waals surface area (Å²) in [5.41, 5.74) is 8.45. The van der Waals surface area contributed by atoms with Gasteiger partial charge >= 0.3 is 5.97 Å². The minimum absolute atomic E-state index is 0.118. The Balaban J connectivity index is 1.97. The summed E-state index contributed by atoms with van der Waals surface area (Å²) in [5, 5.41) is 6.26. The maximum Gasteiger partial charge on any atom is 0.313 e. The van der Waals surface area contributed by atoms with Crippen molar-refractivity contribution < 1.29 is 14.3 Å². The topological polar surface area (TPSA) is 104 Å². The maximum atomic E-state index is 12.7. The number of nitrogens with one attached hydrogen (secondary N) is 1. The number of carbonyl (C=O) groups is 2. The molecule has 1 aromatic rings. The molecule has 1 aliphatic rings. The van der Waals surface area contributed by atoms with E-state index in [-0.39, 0.29) is 24.9 Å². The van der Waals surface area contributed by atoms with Crippen molar-refractivity contribution in [2.75, 3.05) is 13.1 Å². The Morgan fingerprint density at radius 2 is 2.12 bits per heavy atom. The summed E-state index contributed by atoms with van der Waals surface area (Å²) in [6.45, 7) is 1.09. The molecule has 7 nitrogen and oxygen atoms in total. The monoisotopic (exact) mass is 330 g/mol. The van der Waals surface area contributed by atoms with Gasteiger partial charge in [-0.1, -0.05) is 41.9 Å². The molecule has 7 heteroatoms. The molecule has 0 aliphatic carbocycles. The van der Waals surface area contributed by atoms with Gasteiger partial charge in [0.05, 0.1) is 5.41 Å². The number of ether oxygens (including phenoxy) is 1. The van der Waals surface area contributed by atoms with Crippen LogP contribution in [0.15, 0.2) is 35.4 Å². The van der Waals surface area contributed by atoms with Gasteiger partial charge in [0.1, 0.15) is 6.61 Å². The summed E-state index contributed by atoms with van der Waals surface area (Å²) >= 11 is 0. The molecule has 24 heavy (non-hydrogen) atoms. The lowest BCUT2D eigenvalue weighted by Gasteiger charge is -2.34. The van der Waals surface area contributed by atoms with Gasteiger partial charge in [-0.25, -0.2) is 0 Å². The van der Waals surface area contributed by atoms with Crippen LogP contribution in [0, 0.1) is 5.41 Å². The van der Waals surface area contributed by atoms with E-state index in [4.69, 9.17) is 10.3 Å². The van der Waals surface area contributed by atoms with Gasteiger partial charge < -0.3 is 10.1 Å². The molecule has 1 aromatic carbocycles. The van der Waals surface area contributed by atoms with Crippen molar-refractivity contribution in [2.24, 2.45) is 10.5 Å². The number of hydrogen-bond donors (Lipinski definition) is 1. The third-order valence-electron chi connectivity index (χ3n) is 4.30. The fourth-order valence-corrected chi connectivity index (χ4v) is 2.96. The molecule has 2 rings (SSSR count). The molecule has 1 heterocycles. The van der Waals surface area contributed by atoms with Crippen LogP contribution in [0.5, 0.6) is 0 Å². The van der Waals surface area contributed by atoms with Gasteiger partial charge in [-0.15, -0.1) is 0 Å². The standard InChI is InChI=1S/C17H22N4O3/c18-21-20-10-5-4-8-17(9-11-19-15(22)12-17)16(23)24-13-14-6-2-1-3-7-14/h1-3,6-7H,4-5,8-13H2,(H,19,22). The second kappa shape index (κ2) is 8.93. The van der Waals surface area contributed by atoms with Crippen LogP contribution in [0.2, 0.25) is 0 Å². The molecule has 1 fully saturated rings. The van der Waals surface area contributed by atoms with Crippen LogP contribution in [0.4, 0.5) is 0 Å². The third-order valence-corrected chi connectivity index (χ3v) is 4.30. The lowest BCUT2D eigenvalue weighted by Crippen LogP contribution is -2.46. The van der Waals surface area contributed by atoms with Crippen LogP contribution < -0.4 is 5.32 Å². The molecule has 1 aliphatic heterocycles. The van der Waals surface area contributed by atoms with Crippen molar-refractivity contribution in [3.8, 4) is 0 Å². The Kier molecular flexibility index (Phi) is 6.63. The predicted molar refractivity (Wildman–Crippen MR) is 88.8 cm³/mol. The molecule has 0 spiro atoms. The molecule has 1 N–H and O–H groups in total. The van der Waals surface area contributed by atoms with Crippen LogP contribution in [0.3, 0.4) is 0 Å². The molecule has 128 valence electrons. The quantitative estimate of drug-likeness (QED) is 0.260. The number of nitrogens with zero attached hydrogens (tertiary/aromatic N) is 3. The highest BCUT2D eigenvalue weighted by Gasteiger charge is 2.43. The van der Waals surface area contributed by atoms with Crippen LogP contribution in [-0.4, -0.2) is 25.0 Å². The van der Waals surface area contributed by atoms with Gasteiger partial charge in [-0.05, 0) is 30.4 Å². The molecule has 0 saturated carbocycles. The number of amides is 1. The van der Waals surface area contributed by atoms with Gasteiger partial charge in [0, 0.05) is 24.4 Å². The number of piperidine rings is 1. The second-order valence-corrected chi connectivity index (χ2v) is 6.03. The highest BCUT2D eigenvalue weighted by molar-refractivity contribution is 5.87. The van der Waals surface area contributed by atoms with E-state index in [1.54, 1.807) is 0 Å². The van der Waals surface area contributed by atoms with Gasteiger partial charge in [0.25, 0.3) is 0 Å². The van der Waals surface area contributed by atoms with Crippen molar-refractivity contribution >= 4 is 11.9 Å². The number of unbranched alkanes of at least 4 members (excludes halogenated alkanes) is 1. The van der Waals surface area contributed by atoms with Crippen LogP contribution in [0.1, 0.15) is 37.7 Å². The number of rotatable bonds is 8. The molecule has 1 saturated heterocycles. The molecule has 1 unspecified atom stereocenters. The van der Waals surface area contributed by atoms with E-state index in [1.807, 2.05) is 30.3 Å². The van der Waals surface area contributed by atoms with Crippen LogP contribution in [0.25, 0.3) is 10.4 Å². The minimum atomic E-state index is -0.770. The Labute approximate surface area is 141 Å². The normalized spacial score (nSPS) is 19.9. The van der Waals surface area contributed by atoms with Crippen molar-refractivity contribution in [1.82, 2.24) is 5.32 Å². The van der Waals surface area contributed by atoms with Crippen molar-refractivity contribution in [1.29, 1.82) is 0 Å². The molecular weight excluding hydrogens is 308 g/mol. The summed E-state index contributed by atoms with van der Waals surface area (Å²) < 4.78 is 5.50. The molecule has 1 atom stereocenters. The lowest BCUT2D eigenvalue weighted by atomic mass is 9.74. The fourth-order valence-electron chi connectivity index (χ4n) is 2.96. The maximum absolute atomic E-state index is 12.7. The zero-order valence-corrected chi connectivity index (χ0v) is 13.6. The highest BCUT2D eigenvalue weighted by Crippen LogP contribution is 2.36. The SMILES string of the molecule is [N-]=[N+]=NCCCCC1(C(=O)OCc2ccccc2)CCNC(=O)C1. The van der Waals surface area contributed by atoms with Crippen LogP contribution >= 0.6 is 0 Å². The summed E-state index contributed by atoms with van der Waals surface area (Å²) in [5.74, 6) is -0.432. The second-order valence-electron chi connectivity index (χ2n) is 6.03. The Morgan fingerprint density at radius 3 is 2.83 bits per heavy atom. The Hall–Kier alpha value is -2.53. The van der Waals surface area contributed by atoms with E-state index in [9.17, 15) is 9.59 Å². The summed E-state index contributed by atoms with van der Waals surface area (Å²) in [6.07, 6.45) is 2.71. The van der Waals surface area contributed by atoms with E-state index < -0.39 is 5.41 Å². The van der Waals surface area contributed by atoms with E-state index in [2.05, 4.69) is 15.3 Å². The first-order chi connectivity index (χ1) is 11.7. The Bertz CT molecular complexity index is 614. The van der Waals surface area contributed by atoms with Gasteiger partial charge in [0.2, 0.25) is 5.91 Å². The highest BCUT2D eigenvalue weighted by atomic mass is 16.5. The predicted octanol–water partition coefficient (Wildman–Crippen LogP) is 3.11. The number of hydrogen-bond acceptors (Lipinski definition) is 4. The number of benzene rings is 1. The largest absolute Gasteiger partial charge is 0.460 e. The summed E-state index contributed by atoms with van der Waals surface area (Å²) in [7, 11) is 0. The molecule has 0 radical (unpaired) electrons. The number of carbonyl (C=O) groups excluding carboxylic acids is 2. The average molecular weight is 330 g/mol. The molecule has 0 bridgehead atoms. The number of esters is 1. The first-order valence-corrected chi connectivity index (χ1v) is 8.15. The zero-order valence-electron chi connectivity index (χ0n) is 13.6. The van der Waals surface area contributed by atoms with Crippen molar-refractivity contribution in [3.05, 3.63) is 46.3 Å². The smallest absolute Gasteiger partial charge is 0.313 e. The van der Waals surface area contributed by atoms with E-state index in [1.165, 1.54) is 0 Å². The zero-order chi connectivity index (χ0) is 17.3. The van der Waals surface area contributed by atoms with Gasteiger partial charge in [-0.2, -0.15) is 0 Å². The molecular formula is C17H22N4O3. The average Bonchev–Trinajstić information content (AvgIpc) is 2.60. The van der Waals surface area contributed by atoms with Gasteiger partial charge in [0.15, 0.2) is 0 Å². The lowest BCUT2D eigenvalue weighted by molar-refractivity contribution is -0.162. The van der Waals surface area contributed by atoms with Gasteiger partial charge in [-0.3, -0.25) is 9.59 Å². The van der Waals surface area contributed by atoms with Crippen molar-refractivity contribution in [3.63, 3.8) is 0 Å². The third kappa shape index (κ3) is 4.99. The fraction of sp³-hybridized carbons (Fsp3) is 0.529. The first kappa shape index (κ1) is 17.8. The first-order valence-electron chi connectivity index (χ1n) is 8.15. The molecule has 0 aromatic heterocycles. The summed E-state index contributed by atoms with van der Waals surface area (Å²) in [6, 6.07) is 9.48. The van der Waals surface area contributed by atoms with Crippen LogP contribution in [-0.2, 0) is 20.9 Å². The van der Waals surface area contributed by atoms with E-state index in [0.29, 0.717) is 38.8 Å². The van der Waals surface area contributed by atoms with Crippen molar-refractivity contribution in [2.45, 2.75) is 38.7 Å². The van der Waals surface area contributed by atoms with E-state index >= 15 is 0 Å². The summed E-state index contributed by atoms with van der Waals surface area (Å²) in [4.78, 5) is 27.2.